The highest BCUT2D eigenvalue weighted by Gasteiger charge is 2.17. The molecule has 8 heteroatoms. The highest BCUT2D eigenvalue weighted by Crippen LogP contribution is 2.26. The van der Waals surface area contributed by atoms with Crippen molar-refractivity contribution in [2.45, 2.75) is 11.5 Å². The van der Waals surface area contributed by atoms with Crippen molar-refractivity contribution in [2.24, 2.45) is 0 Å². The van der Waals surface area contributed by atoms with Gasteiger partial charge in [-0.2, -0.15) is 0 Å². The molecule has 0 fully saturated rings. The molecule has 2 aromatic rings. The molecule has 0 saturated heterocycles. The standard InChI is InChI=1S/C11H9ClINO3S2/c12-7-1-2-11(10(13)3-7)14-19(16,17)9-4-8(5-15)18-6-9/h1-4,6,14-15H,5H2. The Morgan fingerprint density at radius 3 is 2.68 bits per heavy atom. The van der Waals surface area contributed by atoms with E-state index in [0.717, 1.165) is 0 Å². The molecular weight excluding hydrogens is 421 g/mol. The van der Waals surface area contributed by atoms with Crippen LogP contribution in [0.4, 0.5) is 5.69 Å². The highest BCUT2D eigenvalue weighted by atomic mass is 127. The van der Waals surface area contributed by atoms with Crippen LogP contribution in [0.25, 0.3) is 0 Å². The zero-order chi connectivity index (χ0) is 14.0. The van der Waals surface area contributed by atoms with E-state index in [9.17, 15) is 8.42 Å². The largest absolute Gasteiger partial charge is 0.391 e. The number of benzene rings is 1. The zero-order valence-electron chi connectivity index (χ0n) is 9.43. The lowest BCUT2D eigenvalue weighted by atomic mass is 10.3. The first-order chi connectivity index (χ1) is 8.92. The van der Waals surface area contributed by atoms with Gasteiger partial charge in [0.2, 0.25) is 0 Å². The molecule has 0 atom stereocenters. The first-order valence-corrected chi connectivity index (χ1v) is 8.90. The number of thiophene rings is 1. The van der Waals surface area contributed by atoms with Gasteiger partial charge in [-0.3, -0.25) is 4.72 Å². The normalized spacial score (nSPS) is 11.5. The summed E-state index contributed by atoms with van der Waals surface area (Å²) in [6.07, 6.45) is 0. The van der Waals surface area contributed by atoms with Crippen molar-refractivity contribution in [3.63, 3.8) is 0 Å². The average molecular weight is 430 g/mol. The van der Waals surface area contributed by atoms with Crippen LogP contribution in [-0.2, 0) is 16.6 Å². The Balaban J connectivity index is 2.30. The highest BCUT2D eigenvalue weighted by molar-refractivity contribution is 14.1. The maximum Gasteiger partial charge on any atom is 0.262 e. The van der Waals surface area contributed by atoms with Gasteiger partial charge in [0, 0.05) is 18.9 Å². The molecule has 1 aromatic heterocycles. The number of hydrogen-bond donors (Lipinski definition) is 2. The fraction of sp³-hybridized carbons (Fsp3) is 0.0909. The van der Waals surface area contributed by atoms with Gasteiger partial charge < -0.3 is 5.11 Å². The summed E-state index contributed by atoms with van der Waals surface area (Å²) in [4.78, 5) is 0.749. The van der Waals surface area contributed by atoms with Crippen LogP contribution in [0.3, 0.4) is 0 Å². The number of halogens is 2. The summed E-state index contributed by atoms with van der Waals surface area (Å²) in [6.45, 7) is -0.168. The third-order valence-electron chi connectivity index (χ3n) is 2.27. The molecule has 1 aromatic carbocycles. The van der Waals surface area contributed by atoms with Gasteiger partial charge in [0.05, 0.1) is 17.2 Å². The number of hydrogen-bond acceptors (Lipinski definition) is 4. The van der Waals surface area contributed by atoms with E-state index in [1.807, 2.05) is 22.6 Å². The Labute approximate surface area is 133 Å². The Morgan fingerprint density at radius 1 is 1.37 bits per heavy atom. The Bertz CT molecular complexity index is 700. The van der Waals surface area contributed by atoms with E-state index in [4.69, 9.17) is 16.7 Å². The molecule has 102 valence electrons. The molecule has 0 saturated carbocycles. The van der Waals surface area contributed by atoms with Gasteiger partial charge in [-0.25, -0.2) is 8.42 Å². The number of rotatable bonds is 4. The maximum atomic E-state index is 12.1. The minimum absolute atomic E-state index is 0.146. The molecule has 2 N–H and O–H groups in total. The third-order valence-corrected chi connectivity index (χ3v) is 5.81. The van der Waals surface area contributed by atoms with Crippen molar-refractivity contribution in [3.8, 4) is 0 Å². The van der Waals surface area contributed by atoms with Crippen molar-refractivity contribution in [3.05, 3.63) is 43.1 Å². The topological polar surface area (TPSA) is 66.4 Å². The van der Waals surface area contributed by atoms with Crippen molar-refractivity contribution in [1.29, 1.82) is 0 Å². The SMILES string of the molecule is O=S(=O)(Nc1ccc(Cl)cc1I)c1csc(CO)c1. The molecular formula is C11H9ClINO3S2. The molecule has 1 heterocycles. The van der Waals surface area contributed by atoms with Gasteiger partial charge in [-0.1, -0.05) is 11.6 Å². The lowest BCUT2D eigenvalue weighted by molar-refractivity contribution is 0.285. The maximum absolute atomic E-state index is 12.1. The summed E-state index contributed by atoms with van der Waals surface area (Å²) in [5, 5.41) is 11.0. The predicted octanol–water partition coefficient (Wildman–Crippen LogP) is 3.30. The summed E-state index contributed by atoms with van der Waals surface area (Å²) in [6, 6.07) is 6.36. The number of sulfonamides is 1. The number of anilines is 1. The van der Waals surface area contributed by atoms with Crippen molar-refractivity contribution in [2.75, 3.05) is 4.72 Å². The Kier molecular flexibility index (Phi) is 4.72. The Hall–Kier alpha value is -0.350. The minimum atomic E-state index is -3.64. The number of aliphatic hydroxyl groups excluding tert-OH is 1. The van der Waals surface area contributed by atoms with E-state index in [1.165, 1.54) is 22.8 Å². The van der Waals surface area contributed by atoms with E-state index in [-0.39, 0.29) is 11.5 Å². The van der Waals surface area contributed by atoms with Crippen molar-refractivity contribution >= 4 is 61.2 Å². The van der Waals surface area contributed by atoms with Gasteiger partial charge in [-0.15, -0.1) is 11.3 Å². The second-order valence-electron chi connectivity index (χ2n) is 3.64. The van der Waals surface area contributed by atoms with Gasteiger partial charge >= 0.3 is 0 Å². The van der Waals surface area contributed by atoms with Gasteiger partial charge in [0.1, 0.15) is 0 Å². The molecule has 2 rings (SSSR count). The van der Waals surface area contributed by atoms with E-state index >= 15 is 0 Å². The average Bonchev–Trinajstić information content (AvgIpc) is 2.82. The minimum Gasteiger partial charge on any atom is -0.391 e. The van der Waals surface area contributed by atoms with E-state index in [0.29, 0.717) is 19.2 Å². The predicted molar refractivity (Wildman–Crippen MR) is 85.2 cm³/mol. The molecule has 0 spiro atoms. The molecule has 0 bridgehead atoms. The summed E-state index contributed by atoms with van der Waals surface area (Å²) in [5.41, 5.74) is 0.474. The summed E-state index contributed by atoms with van der Waals surface area (Å²) in [7, 11) is -3.64. The summed E-state index contributed by atoms with van der Waals surface area (Å²) in [5.74, 6) is 0. The fourth-order valence-electron chi connectivity index (χ4n) is 1.36. The van der Waals surface area contributed by atoms with Gasteiger partial charge in [0.15, 0.2) is 0 Å². The molecule has 0 aliphatic rings. The van der Waals surface area contributed by atoms with Gasteiger partial charge in [-0.05, 0) is 46.9 Å². The second kappa shape index (κ2) is 5.96. The summed E-state index contributed by atoms with van der Waals surface area (Å²) < 4.78 is 27.5. The molecule has 0 unspecified atom stereocenters. The second-order valence-corrected chi connectivity index (χ2v) is 7.91. The summed E-state index contributed by atoms with van der Waals surface area (Å²) >= 11 is 9.03. The van der Waals surface area contributed by atoms with Gasteiger partial charge in [0.25, 0.3) is 10.0 Å². The van der Waals surface area contributed by atoms with Crippen LogP contribution in [0, 0.1) is 3.57 Å². The zero-order valence-corrected chi connectivity index (χ0v) is 14.0. The van der Waals surface area contributed by atoms with E-state index in [1.54, 1.807) is 18.2 Å². The Morgan fingerprint density at radius 2 is 2.11 bits per heavy atom. The first-order valence-electron chi connectivity index (χ1n) is 5.08. The molecule has 0 amide bonds. The first kappa shape index (κ1) is 15.0. The van der Waals surface area contributed by atoms with Crippen LogP contribution in [0.2, 0.25) is 5.02 Å². The number of aliphatic hydroxyl groups is 1. The fourth-order valence-corrected chi connectivity index (χ4v) is 4.76. The third kappa shape index (κ3) is 3.60. The van der Waals surface area contributed by atoms with Crippen LogP contribution < -0.4 is 4.72 Å². The smallest absolute Gasteiger partial charge is 0.262 e. The monoisotopic (exact) mass is 429 g/mol. The van der Waals surface area contributed by atoms with E-state index in [2.05, 4.69) is 4.72 Å². The lowest BCUT2D eigenvalue weighted by Crippen LogP contribution is -2.13. The lowest BCUT2D eigenvalue weighted by Gasteiger charge is -2.08. The van der Waals surface area contributed by atoms with Crippen LogP contribution in [0.15, 0.2) is 34.5 Å². The molecule has 0 aliphatic heterocycles. The van der Waals surface area contributed by atoms with E-state index < -0.39 is 10.0 Å². The van der Waals surface area contributed by atoms with Crippen LogP contribution >= 0.6 is 45.5 Å². The molecule has 0 radical (unpaired) electrons. The van der Waals surface area contributed by atoms with Crippen LogP contribution in [-0.4, -0.2) is 13.5 Å². The number of nitrogens with one attached hydrogen (secondary N) is 1. The quantitative estimate of drug-likeness (QED) is 0.733. The van der Waals surface area contributed by atoms with Crippen LogP contribution in [0.1, 0.15) is 4.88 Å². The van der Waals surface area contributed by atoms with Crippen molar-refractivity contribution in [1.82, 2.24) is 0 Å². The van der Waals surface area contributed by atoms with Crippen LogP contribution in [0.5, 0.6) is 0 Å². The van der Waals surface area contributed by atoms with Crippen molar-refractivity contribution < 1.29 is 13.5 Å². The molecule has 0 aliphatic carbocycles. The molecule has 19 heavy (non-hydrogen) atoms. The molecule has 4 nitrogen and oxygen atoms in total.